The first-order valence-corrected chi connectivity index (χ1v) is 9.93. The number of phenols is 1. The molecule has 8 heteroatoms. The molecule has 1 heterocycles. The van der Waals surface area contributed by atoms with Gasteiger partial charge in [0.1, 0.15) is 5.82 Å². The number of aromatic hydroxyl groups is 1. The second-order valence-corrected chi connectivity index (χ2v) is 7.45. The van der Waals surface area contributed by atoms with Gasteiger partial charge in [-0.2, -0.15) is 0 Å². The summed E-state index contributed by atoms with van der Waals surface area (Å²) in [5.41, 5.74) is -0.206. The van der Waals surface area contributed by atoms with E-state index in [2.05, 4.69) is 0 Å². The number of carboxylic acid groups (broad SMARTS) is 1. The number of nitrogens with zero attached hydrogens (tertiary/aromatic N) is 1. The SMILES string of the molecule is CCCCC[C@H](C(=O)O)c1c(C)n(C(=O)c2cccc(F)c2)c2cc(F)c(O)c(F)c12. The summed E-state index contributed by atoms with van der Waals surface area (Å²) in [6.07, 6.45) is 2.32. The van der Waals surface area contributed by atoms with Crippen LogP contribution in [0, 0.1) is 24.4 Å². The van der Waals surface area contributed by atoms with Crippen LogP contribution in [0.4, 0.5) is 13.2 Å². The van der Waals surface area contributed by atoms with Crippen LogP contribution < -0.4 is 0 Å². The summed E-state index contributed by atoms with van der Waals surface area (Å²) in [6, 6.07) is 5.58. The van der Waals surface area contributed by atoms with Gasteiger partial charge in [0.25, 0.3) is 5.91 Å². The number of benzene rings is 2. The normalized spacial score (nSPS) is 12.3. The van der Waals surface area contributed by atoms with E-state index in [4.69, 9.17) is 0 Å². The third-order valence-electron chi connectivity index (χ3n) is 5.43. The molecular weight excluding hydrogens is 411 g/mol. The number of hydrogen-bond acceptors (Lipinski definition) is 3. The maximum absolute atomic E-state index is 15.0. The zero-order valence-electron chi connectivity index (χ0n) is 17.1. The number of aliphatic carboxylic acids is 1. The van der Waals surface area contributed by atoms with Crippen LogP contribution in [0.2, 0.25) is 0 Å². The van der Waals surface area contributed by atoms with Crippen LogP contribution in [0.25, 0.3) is 10.9 Å². The maximum Gasteiger partial charge on any atom is 0.311 e. The van der Waals surface area contributed by atoms with E-state index >= 15 is 0 Å². The molecule has 0 bridgehead atoms. The maximum atomic E-state index is 15.0. The summed E-state index contributed by atoms with van der Waals surface area (Å²) >= 11 is 0. The van der Waals surface area contributed by atoms with E-state index in [1.165, 1.54) is 19.1 Å². The van der Waals surface area contributed by atoms with Crippen molar-refractivity contribution in [2.24, 2.45) is 0 Å². The van der Waals surface area contributed by atoms with Crippen molar-refractivity contribution in [1.82, 2.24) is 4.57 Å². The topological polar surface area (TPSA) is 79.5 Å². The number of aromatic nitrogens is 1. The van der Waals surface area contributed by atoms with E-state index in [0.29, 0.717) is 6.42 Å². The van der Waals surface area contributed by atoms with Gasteiger partial charge < -0.3 is 10.2 Å². The predicted molar refractivity (Wildman–Crippen MR) is 109 cm³/mol. The molecule has 0 unspecified atom stereocenters. The molecule has 0 spiro atoms. The first kappa shape index (κ1) is 22.4. The molecule has 0 fully saturated rings. The summed E-state index contributed by atoms with van der Waals surface area (Å²) in [5.74, 6) is -7.70. The van der Waals surface area contributed by atoms with Gasteiger partial charge in [-0.25, -0.2) is 13.2 Å². The van der Waals surface area contributed by atoms with Crippen molar-refractivity contribution in [2.45, 2.75) is 45.4 Å². The number of unbranched alkanes of at least 4 members (excludes halogenated alkanes) is 2. The zero-order chi connectivity index (χ0) is 22.9. The summed E-state index contributed by atoms with van der Waals surface area (Å²) in [5, 5.41) is 19.3. The molecule has 31 heavy (non-hydrogen) atoms. The Labute approximate surface area is 176 Å². The lowest BCUT2D eigenvalue weighted by Crippen LogP contribution is -2.16. The molecular formula is C23H22F3NO4. The van der Waals surface area contributed by atoms with E-state index in [1.54, 1.807) is 0 Å². The fraction of sp³-hybridized carbons (Fsp3) is 0.304. The van der Waals surface area contributed by atoms with Gasteiger partial charge >= 0.3 is 5.97 Å². The molecule has 164 valence electrons. The average molecular weight is 433 g/mol. The lowest BCUT2D eigenvalue weighted by molar-refractivity contribution is -0.139. The molecule has 2 aromatic carbocycles. The highest BCUT2D eigenvalue weighted by atomic mass is 19.1. The van der Waals surface area contributed by atoms with Crippen molar-refractivity contribution in [2.75, 3.05) is 0 Å². The first-order valence-electron chi connectivity index (χ1n) is 9.93. The zero-order valence-corrected chi connectivity index (χ0v) is 17.1. The Hall–Kier alpha value is -3.29. The lowest BCUT2D eigenvalue weighted by Gasteiger charge is -2.14. The fourth-order valence-electron chi connectivity index (χ4n) is 3.94. The van der Waals surface area contributed by atoms with Crippen LogP contribution in [-0.4, -0.2) is 26.7 Å². The molecule has 3 aromatic rings. The second kappa shape index (κ2) is 8.83. The fourth-order valence-corrected chi connectivity index (χ4v) is 3.94. The van der Waals surface area contributed by atoms with Gasteiger partial charge in [0.2, 0.25) is 0 Å². The predicted octanol–water partition coefficient (Wildman–Crippen LogP) is 5.51. The van der Waals surface area contributed by atoms with E-state index in [0.717, 1.165) is 35.6 Å². The molecule has 0 aliphatic heterocycles. The van der Waals surface area contributed by atoms with E-state index < -0.39 is 41.0 Å². The lowest BCUT2D eigenvalue weighted by atomic mass is 9.90. The summed E-state index contributed by atoms with van der Waals surface area (Å²) in [7, 11) is 0. The molecule has 3 rings (SSSR count). The quantitative estimate of drug-likeness (QED) is 0.482. The Bertz CT molecular complexity index is 1170. The van der Waals surface area contributed by atoms with Crippen LogP contribution in [-0.2, 0) is 4.79 Å². The third-order valence-corrected chi connectivity index (χ3v) is 5.43. The molecule has 0 amide bonds. The largest absolute Gasteiger partial charge is 0.503 e. The van der Waals surface area contributed by atoms with Gasteiger partial charge in [-0.05, 0) is 37.1 Å². The molecule has 0 saturated heterocycles. The van der Waals surface area contributed by atoms with Crippen molar-refractivity contribution in [1.29, 1.82) is 0 Å². The Morgan fingerprint density at radius 2 is 1.84 bits per heavy atom. The monoisotopic (exact) mass is 433 g/mol. The van der Waals surface area contributed by atoms with Crippen LogP contribution in [0.5, 0.6) is 5.75 Å². The van der Waals surface area contributed by atoms with Crippen LogP contribution in [0.1, 0.15) is 60.1 Å². The Morgan fingerprint density at radius 3 is 2.45 bits per heavy atom. The molecule has 0 radical (unpaired) electrons. The number of carboxylic acids is 1. The average Bonchev–Trinajstić information content (AvgIpc) is 3.00. The Kier molecular flexibility index (Phi) is 6.38. The molecule has 0 aliphatic rings. The van der Waals surface area contributed by atoms with Gasteiger partial charge in [0, 0.05) is 22.7 Å². The summed E-state index contributed by atoms with van der Waals surface area (Å²) < 4.78 is 43.8. The molecule has 1 atom stereocenters. The van der Waals surface area contributed by atoms with Crippen molar-refractivity contribution >= 4 is 22.8 Å². The Balaban J connectivity index is 2.32. The van der Waals surface area contributed by atoms with E-state index in [-0.39, 0.29) is 34.1 Å². The van der Waals surface area contributed by atoms with Crippen molar-refractivity contribution < 1.29 is 33.0 Å². The Morgan fingerprint density at radius 1 is 1.13 bits per heavy atom. The van der Waals surface area contributed by atoms with Crippen molar-refractivity contribution in [3.05, 3.63) is 64.6 Å². The highest BCUT2D eigenvalue weighted by Gasteiger charge is 2.32. The standard InChI is InChI=1S/C23H22F3NO4/c1-3-4-5-9-15(23(30)31)18-12(2)27(22(29)13-7-6-8-14(24)10-13)17-11-16(25)21(28)20(26)19(17)18/h6-8,10-11,15,28H,3-5,9H2,1-2H3,(H,30,31)/t15-/m0/s1. The molecule has 1 aromatic heterocycles. The summed E-state index contributed by atoms with van der Waals surface area (Å²) in [6.45, 7) is 3.38. The highest BCUT2D eigenvalue weighted by molar-refractivity contribution is 6.05. The van der Waals surface area contributed by atoms with Crippen molar-refractivity contribution in [3.8, 4) is 5.75 Å². The van der Waals surface area contributed by atoms with E-state index in [9.17, 15) is 33.0 Å². The van der Waals surface area contributed by atoms with E-state index in [1.807, 2.05) is 6.92 Å². The molecule has 2 N–H and O–H groups in total. The number of rotatable bonds is 7. The van der Waals surface area contributed by atoms with Gasteiger partial charge in [-0.3, -0.25) is 14.2 Å². The van der Waals surface area contributed by atoms with Gasteiger partial charge in [0.15, 0.2) is 17.4 Å². The number of carbonyl (C=O) groups is 2. The number of phenolic OH excluding ortho intramolecular Hbond substituents is 1. The van der Waals surface area contributed by atoms with Gasteiger partial charge in [-0.1, -0.05) is 32.3 Å². The minimum atomic E-state index is -1.33. The summed E-state index contributed by atoms with van der Waals surface area (Å²) in [4.78, 5) is 25.2. The minimum absolute atomic E-state index is 0.00356. The van der Waals surface area contributed by atoms with Gasteiger partial charge in [-0.15, -0.1) is 0 Å². The van der Waals surface area contributed by atoms with Crippen LogP contribution in [0.15, 0.2) is 30.3 Å². The van der Waals surface area contributed by atoms with Crippen LogP contribution in [0.3, 0.4) is 0 Å². The number of halogens is 3. The molecule has 0 aliphatic carbocycles. The van der Waals surface area contributed by atoms with Crippen molar-refractivity contribution in [3.63, 3.8) is 0 Å². The van der Waals surface area contributed by atoms with Crippen LogP contribution >= 0.6 is 0 Å². The second-order valence-electron chi connectivity index (χ2n) is 7.45. The first-order chi connectivity index (χ1) is 14.7. The van der Waals surface area contributed by atoms with Gasteiger partial charge in [0.05, 0.1) is 11.4 Å². The highest BCUT2D eigenvalue weighted by Crippen LogP contribution is 2.40. The molecule has 5 nitrogen and oxygen atoms in total. The minimum Gasteiger partial charge on any atom is -0.503 e. The smallest absolute Gasteiger partial charge is 0.311 e. The number of carbonyl (C=O) groups excluding carboxylic acids is 1. The number of fused-ring (bicyclic) bond motifs is 1. The third kappa shape index (κ3) is 4.02. The number of hydrogen-bond donors (Lipinski definition) is 2. The molecule has 0 saturated carbocycles.